The first-order chi connectivity index (χ1) is 12.4. The third kappa shape index (κ3) is 5.45. The third-order valence-corrected chi connectivity index (χ3v) is 4.20. The fraction of sp³-hybridized carbons (Fsp3) is 0.364. The van der Waals surface area contributed by atoms with Crippen LogP contribution in [0.1, 0.15) is 56.5 Å². The Morgan fingerprint density at radius 1 is 1.15 bits per heavy atom. The first-order valence-corrected chi connectivity index (χ1v) is 8.81. The van der Waals surface area contributed by atoms with Gasteiger partial charge in [-0.1, -0.05) is 29.4 Å². The summed E-state index contributed by atoms with van der Waals surface area (Å²) >= 11 is 0. The third-order valence-electron chi connectivity index (χ3n) is 4.20. The molecule has 1 aliphatic heterocycles. The zero-order valence-corrected chi connectivity index (χ0v) is 15.9. The number of fused-ring (bicyclic) bond motifs is 1. The minimum atomic E-state index is -0.366. The first kappa shape index (κ1) is 19.7. The molecule has 0 aromatic carbocycles. The zero-order valence-electron chi connectivity index (χ0n) is 15.9. The Bertz CT molecular complexity index is 790. The van der Waals surface area contributed by atoms with Crippen molar-refractivity contribution in [3.05, 3.63) is 59.1 Å². The molecule has 0 unspecified atom stereocenters. The molecule has 2 rings (SSSR count). The van der Waals surface area contributed by atoms with E-state index in [0.717, 1.165) is 35.8 Å². The van der Waals surface area contributed by atoms with E-state index in [2.05, 4.69) is 19.9 Å². The summed E-state index contributed by atoms with van der Waals surface area (Å²) in [6.07, 6.45) is 10.3. The number of carbonyl (C=O) groups is 2. The van der Waals surface area contributed by atoms with Crippen LogP contribution in [-0.2, 0) is 16.0 Å². The van der Waals surface area contributed by atoms with E-state index in [9.17, 15) is 9.59 Å². The van der Waals surface area contributed by atoms with Gasteiger partial charge in [0.05, 0.1) is 12.5 Å². The summed E-state index contributed by atoms with van der Waals surface area (Å²) in [5.74, 6) is -0.316. The Kier molecular flexibility index (Phi) is 6.96. The van der Waals surface area contributed by atoms with Crippen molar-refractivity contribution >= 4 is 12.3 Å². The first-order valence-electron chi connectivity index (χ1n) is 8.81. The lowest BCUT2D eigenvalue weighted by Crippen LogP contribution is -2.17. The van der Waals surface area contributed by atoms with Crippen LogP contribution in [-0.4, -0.2) is 18.4 Å². The number of hydrogen-bond donors (Lipinski definition) is 0. The summed E-state index contributed by atoms with van der Waals surface area (Å²) in [5.41, 5.74) is 5.71. The second kappa shape index (κ2) is 9.18. The van der Waals surface area contributed by atoms with Crippen molar-refractivity contribution in [2.45, 2.75) is 53.1 Å². The normalized spacial score (nSPS) is 12.7. The van der Waals surface area contributed by atoms with E-state index in [4.69, 9.17) is 9.15 Å². The highest BCUT2D eigenvalue weighted by atomic mass is 16.5. The number of aldehydes is 1. The van der Waals surface area contributed by atoms with Crippen LogP contribution in [0.4, 0.5) is 0 Å². The minimum Gasteiger partial charge on any atom is -0.472 e. The molecule has 1 heterocycles. The quantitative estimate of drug-likeness (QED) is 0.363. The average molecular weight is 354 g/mol. The number of esters is 1. The van der Waals surface area contributed by atoms with Crippen LogP contribution in [0.15, 0.2) is 52.4 Å². The molecular formula is C22H26O4. The van der Waals surface area contributed by atoms with Crippen LogP contribution in [0.5, 0.6) is 0 Å². The Morgan fingerprint density at radius 2 is 1.92 bits per heavy atom. The van der Waals surface area contributed by atoms with E-state index in [1.807, 2.05) is 19.1 Å². The molecule has 2 aliphatic rings. The Morgan fingerprint density at radius 3 is 2.58 bits per heavy atom. The highest BCUT2D eigenvalue weighted by Gasteiger charge is 2.18. The summed E-state index contributed by atoms with van der Waals surface area (Å²) in [6, 6.07) is 3.68. The van der Waals surface area contributed by atoms with Crippen LogP contribution >= 0.6 is 0 Å². The lowest BCUT2D eigenvalue weighted by molar-refractivity contribution is -0.144. The minimum absolute atomic E-state index is 0.316. The van der Waals surface area contributed by atoms with E-state index < -0.39 is 0 Å². The highest BCUT2D eigenvalue weighted by molar-refractivity contribution is 5.90. The standard InChI is InChI=1S/C22H26O4/c1-15(2)6-5-7-16(3)10-20(26-17(4)24)11-19-13-25-14-22-18(12-23)8-9-21(19)22/h6,8-10,12-14,20H,5,7,11H2,1-4H3/t20-/m1/s1. The number of rotatable bonds is 8. The smallest absolute Gasteiger partial charge is 0.303 e. The van der Waals surface area contributed by atoms with E-state index >= 15 is 0 Å². The zero-order chi connectivity index (χ0) is 19.1. The molecule has 1 aliphatic carbocycles. The summed E-state index contributed by atoms with van der Waals surface area (Å²) in [7, 11) is 0. The number of hydrogen-bond acceptors (Lipinski definition) is 4. The summed E-state index contributed by atoms with van der Waals surface area (Å²) in [5, 5.41) is 0. The SMILES string of the molecule is CC(=O)O[C@H](C=C(C)CCC=C(C)C)Cc1cocc2c(C=O)ccc1-2. The Balaban J connectivity index is 2.19. The summed E-state index contributed by atoms with van der Waals surface area (Å²) in [4.78, 5) is 22.6. The molecule has 0 bridgehead atoms. The van der Waals surface area contributed by atoms with E-state index in [1.165, 1.54) is 18.1 Å². The van der Waals surface area contributed by atoms with Crippen LogP contribution in [0, 0.1) is 0 Å². The second-order valence-electron chi connectivity index (χ2n) is 6.82. The maximum atomic E-state index is 11.5. The fourth-order valence-corrected chi connectivity index (χ4v) is 2.98. The van der Waals surface area contributed by atoms with Crippen molar-refractivity contribution in [3.8, 4) is 11.1 Å². The summed E-state index contributed by atoms with van der Waals surface area (Å²) in [6.45, 7) is 7.63. The van der Waals surface area contributed by atoms with Gasteiger partial charge in [0.25, 0.3) is 0 Å². The Labute approximate surface area is 154 Å². The molecule has 0 radical (unpaired) electrons. The van der Waals surface area contributed by atoms with Crippen molar-refractivity contribution in [3.63, 3.8) is 0 Å². The van der Waals surface area contributed by atoms with Crippen molar-refractivity contribution in [2.24, 2.45) is 0 Å². The van der Waals surface area contributed by atoms with Crippen molar-refractivity contribution in [1.82, 2.24) is 0 Å². The number of carbonyl (C=O) groups excluding carboxylic acids is 2. The van der Waals surface area contributed by atoms with Crippen molar-refractivity contribution < 1.29 is 18.7 Å². The summed E-state index contributed by atoms with van der Waals surface area (Å²) < 4.78 is 10.9. The molecule has 4 heteroatoms. The highest BCUT2D eigenvalue weighted by Crippen LogP contribution is 2.31. The van der Waals surface area contributed by atoms with Crippen LogP contribution in [0.25, 0.3) is 11.1 Å². The van der Waals surface area contributed by atoms with Crippen LogP contribution in [0.3, 0.4) is 0 Å². The van der Waals surface area contributed by atoms with Gasteiger partial charge >= 0.3 is 5.97 Å². The van der Waals surface area contributed by atoms with Gasteiger partial charge in [0.1, 0.15) is 6.10 Å². The molecule has 0 spiro atoms. The molecule has 0 aromatic rings. The molecule has 0 saturated carbocycles. The molecule has 0 aromatic heterocycles. The van der Waals surface area contributed by atoms with Gasteiger partial charge in [-0.2, -0.15) is 0 Å². The average Bonchev–Trinajstić information content (AvgIpc) is 2.98. The molecule has 138 valence electrons. The van der Waals surface area contributed by atoms with Crippen molar-refractivity contribution in [2.75, 3.05) is 0 Å². The van der Waals surface area contributed by atoms with Gasteiger partial charge in [0.15, 0.2) is 6.29 Å². The fourth-order valence-electron chi connectivity index (χ4n) is 2.98. The van der Waals surface area contributed by atoms with Gasteiger partial charge in [0.2, 0.25) is 0 Å². The number of allylic oxidation sites excluding steroid dienone is 3. The molecule has 0 fully saturated rings. The molecule has 0 saturated heterocycles. The second-order valence-corrected chi connectivity index (χ2v) is 6.82. The monoisotopic (exact) mass is 354 g/mol. The number of ether oxygens (including phenoxy) is 1. The maximum Gasteiger partial charge on any atom is 0.303 e. The largest absolute Gasteiger partial charge is 0.472 e. The van der Waals surface area contributed by atoms with Gasteiger partial charge in [-0.15, -0.1) is 0 Å². The lowest BCUT2D eigenvalue weighted by atomic mass is 9.99. The Hall–Kier alpha value is -2.62. The van der Waals surface area contributed by atoms with E-state index in [0.29, 0.717) is 12.0 Å². The molecule has 26 heavy (non-hydrogen) atoms. The van der Waals surface area contributed by atoms with Crippen LogP contribution < -0.4 is 0 Å². The van der Waals surface area contributed by atoms with E-state index in [-0.39, 0.29) is 12.1 Å². The molecule has 0 amide bonds. The predicted octanol–water partition coefficient (Wildman–Crippen LogP) is 5.36. The topological polar surface area (TPSA) is 56.5 Å². The van der Waals surface area contributed by atoms with Gasteiger partial charge in [0, 0.05) is 24.5 Å². The van der Waals surface area contributed by atoms with E-state index in [1.54, 1.807) is 18.6 Å². The van der Waals surface area contributed by atoms with Gasteiger partial charge in [-0.05, 0) is 50.8 Å². The molecular weight excluding hydrogens is 328 g/mol. The molecule has 4 nitrogen and oxygen atoms in total. The van der Waals surface area contributed by atoms with Crippen LogP contribution in [0.2, 0.25) is 0 Å². The van der Waals surface area contributed by atoms with Gasteiger partial charge < -0.3 is 9.15 Å². The van der Waals surface area contributed by atoms with Crippen molar-refractivity contribution in [1.29, 1.82) is 0 Å². The lowest BCUT2D eigenvalue weighted by Gasteiger charge is -2.16. The molecule has 0 N–H and O–H groups in total. The molecule has 1 atom stereocenters. The maximum absolute atomic E-state index is 11.5. The predicted molar refractivity (Wildman–Crippen MR) is 102 cm³/mol. The van der Waals surface area contributed by atoms with Gasteiger partial charge in [-0.3, -0.25) is 9.59 Å². The van der Waals surface area contributed by atoms with Gasteiger partial charge in [-0.25, -0.2) is 0 Å².